The van der Waals surface area contributed by atoms with Crippen molar-refractivity contribution in [1.82, 2.24) is 0 Å². The SMILES string of the molecule is O=C1C(=O)[C@@H](O)C(O)[C@@H](O)C1=O. The van der Waals surface area contributed by atoms with Gasteiger partial charge in [0.15, 0.2) is 0 Å². The minimum Gasteiger partial charge on any atom is -0.387 e. The van der Waals surface area contributed by atoms with Crippen molar-refractivity contribution in [2.45, 2.75) is 18.3 Å². The van der Waals surface area contributed by atoms with Crippen molar-refractivity contribution in [2.24, 2.45) is 0 Å². The summed E-state index contributed by atoms with van der Waals surface area (Å²) >= 11 is 0. The molecule has 1 aliphatic carbocycles. The van der Waals surface area contributed by atoms with Crippen LogP contribution in [0.1, 0.15) is 0 Å². The zero-order chi connectivity index (χ0) is 9.46. The van der Waals surface area contributed by atoms with Crippen LogP contribution in [-0.4, -0.2) is 51.0 Å². The van der Waals surface area contributed by atoms with Crippen molar-refractivity contribution in [1.29, 1.82) is 0 Å². The number of hydrogen-bond donors (Lipinski definition) is 3. The predicted molar refractivity (Wildman–Crippen MR) is 33.0 cm³/mol. The molecule has 0 amide bonds. The third kappa shape index (κ3) is 1.06. The molecule has 1 unspecified atom stereocenters. The van der Waals surface area contributed by atoms with Gasteiger partial charge < -0.3 is 15.3 Å². The largest absolute Gasteiger partial charge is 0.387 e. The van der Waals surface area contributed by atoms with E-state index in [1.165, 1.54) is 0 Å². The van der Waals surface area contributed by atoms with Crippen molar-refractivity contribution >= 4 is 17.3 Å². The second-order valence-corrected chi connectivity index (χ2v) is 2.44. The summed E-state index contributed by atoms with van der Waals surface area (Å²) in [4.78, 5) is 31.8. The molecule has 1 rings (SSSR count). The number of aliphatic hydroxyl groups excluding tert-OH is 3. The Bertz CT molecular complexity index is 233. The molecule has 0 aromatic heterocycles. The molecule has 3 N–H and O–H groups in total. The molecule has 66 valence electrons. The predicted octanol–water partition coefficient (Wildman–Crippen LogP) is -3.21. The lowest BCUT2D eigenvalue weighted by Crippen LogP contribution is -2.57. The Labute approximate surface area is 66.4 Å². The monoisotopic (exact) mass is 174 g/mol. The molecule has 6 nitrogen and oxygen atoms in total. The van der Waals surface area contributed by atoms with Gasteiger partial charge in [0, 0.05) is 0 Å². The fraction of sp³-hybridized carbons (Fsp3) is 0.500. The highest BCUT2D eigenvalue weighted by molar-refractivity contribution is 6.66. The molecule has 0 radical (unpaired) electrons. The first-order valence-corrected chi connectivity index (χ1v) is 3.13. The number of aliphatic hydroxyl groups is 3. The smallest absolute Gasteiger partial charge is 0.269 e. The fourth-order valence-electron chi connectivity index (χ4n) is 0.873. The Balaban J connectivity index is 2.99. The van der Waals surface area contributed by atoms with Crippen molar-refractivity contribution in [3.63, 3.8) is 0 Å². The first-order chi connectivity index (χ1) is 5.46. The van der Waals surface area contributed by atoms with Gasteiger partial charge in [-0.1, -0.05) is 0 Å². The maximum Gasteiger partial charge on any atom is 0.269 e. The first kappa shape index (κ1) is 8.98. The number of Topliss-reactive ketones (excluding diaryl/α,β-unsaturated/α-hetero) is 3. The molecular formula is C6H6O6. The van der Waals surface area contributed by atoms with E-state index in [-0.39, 0.29) is 0 Å². The van der Waals surface area contributed by atoms with Crippen LogP contribution in [0.4, 0.5) is 0 Å². The maximum atomic E-state index is 10.6. The summed E-state index contributed by atoms with van der Waals surface area (Å²) in [5.41, 5.74) is 0. The molecule has 0 aromatic rings. The third-order valence-electron chi connectivity index (χ3n) is 1.63. The minimum atomic E-state index is -2.00. The van der Waals surface area contributed by atoms with Crippen LogP contribution in [0.15, 0.2) is 0 Å². The van der Waals surface area contributed by atoms with E-state index in [9.17, 15) is 14.4 Å². The Morgan fingerprint density at radius 3 is 1.50 bits per heavy atom. The number of ketones is 3. The van der Waals surface area contributed by atoms with E-state index in [1.807, 2.05) is 0 Å². The summed E-state index contributed by atoms with van der Waals surface area (Å²) in [7, 11) is 0. The standard InChI is InChI=1S/C6H6O6/c7-1-2(8)4(10)6(12)5(11)3(1)9/h1-3,7-9H/t1?,2-,3+. The van der Waals surface area contributed by atoms with Gasteiger partial charge in [-0.25, -0.2) is 0 Å². The van der Waals surface area contributed by atoms with Gasteiger partial charge in [-0.15, -0.1) is 0 Å². The molecule has 0 aromatic carbocycles. The summed E-state index contributed by atoms with van der Waals surface area (Å²) < 4.78 is 0. The Morgan fingerprint density at radius 2 is 1.17 bits per heavy atom. The van der Waals surface area contributed by atoms with Crippen LogP contribution in [-0.2, 0) is 14.4 Å². The highest BCUT2D eigenvalue weighted by Gasteiger charge is 2.47. The average molecular weight is 174 g/mol. The highest BCUT2D eigenvalue weighted by atomic mass is 16.4. The van der Waals surface area contributed by atoms with Gasteiger partial charge in [-0.2, -0.15) is 0 Å². The normalized spacial score (nSPS) is 37.2. The van der Waals surface area contributed by atoms with Crippen molar-refractivity contribution in [3.8, 4) is 0 Å². The Morgan fingerprint density at radius 1 is 0.833 bits per heavy atom. The van der Waals surface area contributed by atoms with E-state index in [4.69, 9.17) is 15.3 Å². The molecule has 1 aliphatic rings. The van der Waals surface area contributed by atoms with Crippen molar-refractivity contribution in [2.75, 3.05) is 0 Å². The Hall–Kier alpha value is -1.11. The molecule has 12 heavy (non-hydrogen) atoms. The van der Waals surface area contributed by atoms with Crippen LogP contribution in [0.5, 0.6) is 0 Å². The summed E-state index contributed by atoms with van der Waals surface area (Å²) in [6.45, 7) is 0. The maximum absolute atomic E-state index is 10.6. The van der Waals surface area contributed by atoms with E-state index in [0.717, 1.165) is 0 Å². The quantitative estimate of drug-likeness (QED) is 0.333. The van der Waals surface area contributed by atoms with E-state index in [1.54, 1.807) is 0 Å². The van der Waals surface area contributed by atoms with E-state index >= 15 is 0 Å². The first-order valence-electron chi connectivity index (χ1n) is 3.13. The number of rotatable bonds is 0. The lowest BCUT2D eigenvalue weighted by Gasteiger charge is -2.24. The van der Waals surface area contributed by atoms with E-state index in [2.05, 4.69) is 0 Å². The molecular weight excluding hydrogens is 168 g/mol. The summed E-state index contributed by atoms with van der Waals surface area (Å²) in [6, 6.07) is 0. The number of carbonyl (C=O) groups is 3. The van der Waals surface area contributed by atoms with Gasteiger partial charge in [-0.3, -0.25) is 14.4 Å². The van der Waals surface area contributed by atoms with Crippen LogP contribution in [0.2, 0.25) is 0 Å². The highest BCUT2D eigenvalue weighted by Crippen LogP contribution is 2.10. The lowest BCUT2D eigenvalue weighted by atomic mass is 9.89. The topological polar surface area (TPSA) is 112 Å². The average Bonchev–Trinajstić information content (AvgIpc) is 2.08. The molecule has 0 bridgehead atoms. The van der Waals surface area contributed by atoms with Gasteiger partial charge in [0.2, 0.25) is 11.6 Å². The van der Waals surface area contributed by atoms with Crippen LogP contribution in [0, 0.1) is 0 Å². The van der Waals surface area contributed by atoms with Gasteiger partial charge >= 0.3 is 0 Å². The van der Waals surface area contributed by atoms with Crippen LogP contribution >= 0.6 is 0 Å². The van der Waals surface area contributed by atoms with Gasteiger partial charge in [0.05, 0.1) is 0 Å². The van der Waals surface area contributed by atoms with Crippen LogP contribution in [0.3, 0.4) is 0 Å². The molecule has 1 fully saturated rings. The Kier molecular flexibility index (Phi) is 2.05. The van der Waals surface area contributed by atoms with Crippen molar-refractivity contribution in [3.05, 3.63) is 0 Å². The second-order valence-electron chi connectivity index (χ2n) is 2.44. The van der Waals surface area contributed by atoms with Crippen LogP contribution < -0.4 is 0 Å². The summed E-state index contributed by atoms with van der Waals surface area (Å²) in [5.74, 6) is -4.23. The molecule has 0 heterocycles. The fourth-order valence-corrected chi connectivity index (χ4v) is 0.873. The van der Waals surface area contributed by atoms with Gasteiger partial charge in [0.25, 0.3) is 5.78 Å². The van der Waals surface area contributed by atoms with Gasteiger partial charge in [-0.05, 0) is 0 Å². The molecule has 0 aliphatic heterocycles. The number of hydrogen-bond acceptors (Lipinski definition) is 6. The van der Waals surface area contributed by atoms with E-state index < -0.39 is 35.7 Å². The molecule has 1 saturated carbocycles. The molecule has 3 atom stereocenters. The summed E-state index contributed by atoms with van der Waals surface area (Å²) in [6.07, 6.45) is -5.89. The third-order valence-corrected chi connectivity index (χ3v) is 1.63. The minimum absolute atomic E-state index is 1.38. The van der Waals surface area contributed by atoms with E-state index in [0.29, 0.717) is 0 Å². The zero-order valence-corrected chi connectivity index (χ0v) is 5.80. The van der Waals surface area contributed by atoms with Crippen LogP contribution in [0.25, 0.3) is 0 Å². The summed E-state index contributed by atoms with van der Waals surface area (Å²) in [5, 5.41) is 26.4. The molecule has 0 saturated heterocycles. The molecule has 6 heteroatoms. The van der Waals surface area contributed by atoms with Crippen molar-refractivity contribution < 1.29 is 29.7 Å². The zero-order valence-electron chi connectivity index (χ0n) is 5.80. The number of carbonyl (C=O) groups excluding carboxylic acids is 3. The molecule has 0 spiro atoms. The second kappa shape index (κ2) is 2.74. The van der Waals surface area contributed by atoms with Gasteiger partial charge in [0.1, 0.15) is 18.3 Å². The lowest BCUT2D eigenvalue weighted by molar-refractivity contribution is -0.165.